The molecule has 3 amide bonds. The molecule has 0 saturated carbocycles. The molecule has 0 radical (unpaired) electrons. The third-order valence-electron chi connectivity index (χ3n) is 6.48. The van der Waals surface area contributed by atoms with E-state index in [4.69, 9.17) is 0 Å². The van der Waals surface area contributed by atoms with E-state index in [2.05, 4.69) is 9.97 Å². The van der Waals surface area contributed by atoms with Crippen LogP contribution in [0, 0.1) is 0 Å². The fourth-order valence-corrected chi connectivity index (χ4v) is 5.02. The van der Waals surface area contributed by atoms with Crippen LogP contribution in [0.5, 0.6) is 0 Å². The average molecular weight is 373 g/mol. The number of hydrogen-bond acceptors (Lipinski definition) is 4. The molecule has 0 aliphatic carbocycles. The Kier molecular flexibility index (Phi) is 4.44. The SMILES string of the molecule is CC(=O)N1CCc2[nH]cnc2C12CCN(C(=O)[C@@H](C)N1CCCC1=O)CC2. The Morgan fingerprint density at radius 1 is 1.19 bits per heavy atom. The quantitative estimate of drug-likeness (QED) is 0.824. The van der Waals surface area contributed by atoms with Crippen molar-refractivity contribution in [1.29, 1.82) is 0 Å². The van der Waals surface area contributed by atoms with Crippen molar-refractivity contribution in [3.63, 3.8) is 0 Å². The van der Waals surface area contributed by atoms with Crippen molar-refractivity contribution in [2.24, 2.45) is 0 Å². The molecule has 1 aromatic heterocycles. The number of aromatic amines is 1. The van der Waals surface area contributed by atoms with Gasteiger partial charge in [-0.3, -0.25) is 14.4 Å². The third-order valence-corrected chi connectivity index (χ3v) is 6.48. The topological polar surface area (TPSA) is 89.6 Å². The zero-order chi connectivity index (χ0) is 19.2. The van der Waals surface area contributed by atoms with Gasteiger partial charge in [0.05, 0.1) is 17.6 Å². The van der Waals surface area contributed by atoms with Gasteiger partial charge in [-0.15, -0.1) is 0 Å². The molecule has 146 valence electrons. The minimum atomic E-state index is -0.428. The van der Waals surface area contributed by atoms with Crippen LogP contribution < -0.4 is 0 Å². The number of imidazole rings is 1. The van der Waals surface area contributed by atoms with E-state index in [9.17, 15) is 14.4 Å². The number of hydrogen-bond donors (Lipinski definition) is 1. The number of aromatic nitrogens is 2. The molecule has 3 aliphatic heterocycles. The van der Waals surface area contributed by atoms with Crippen LogP contribution in [0.2, 0.25) is 0 Å². The number of rotatable bonds is 2. The van der Waals surface area contributed by atoms with E-state index in [1.54, 1.807) is 18.2 Å². The molecule has 1 N–H and O–H groups in total. The van der Waals surface area contributed by atoms with Gasteiger partial charge >= 0.3 is 0 Å². The number of nitrogens with zero attached hydrogens (tertiary/aromatic N) is 4. The van der Waals surface area contributed by atoms with Crippen LogP contribution >= 0.6 is 0 Å². The van der Waals surface area contributed by atoms with Gasteiger partial charge < -0.3 is 19.7 Å². The second-order valence-electron chi connectivity index (χ2n) is 7.87. The molecule has 1 atom stereocenters. The number of H-pyrrole nitrogens is 1. The van der Waals surface area contributed by atoms with E-state index in [0.29, 0.717) is 45.4 Å². The van der Waals surface area contributed by atoms with Crippen molar-refractivity contribution >= 4 is 17.7 Å². The highest BCUT2D eigenvalue weighted by atomic mass is 16.2. The van der Waals surface area contributed by atoms with E-state index in [0.717, 1.165) is 24.2 Å². The normalized spacial score (nSPS) is 22.9. The summed E-state index contributed by atoms with van der Waals surface area (Å²) in [6.45, 7) is 5.92. The standard InChI is InChI=1S/C19H27N5O3/c1-13(23-8-3-4-16(23)26)18(27)22-10-6-19(7-11-22)17-15(20-12-21-17)5-9-24(19)14(2)25/h12-13H,3-11H2,1-2H3,(H,20,21)/t13-/m1/s1. The Morgan fingerprint density at radius 3 is 2.56 bits per heavy atom. The summed E-state index contributed by atoms with van der Waals surface area (Å²) >= 11 is 0. The minimum absolute atomic E-state index is 0.00698. The van der Waals surface area contributed by atoms with Crippen molar-refractivity contribution in [3.8, 4) is 0 Å². The minimum Gasteiger partial charge on any atom is -0.348 e. The highest BCUT2D eigenvalue weighted by Crippen LogP contribution is 2.42. The summed E-state index contributed by atoms with van der Waals surface area (Å²) in [4.78, 5) is 50.4. The van der Waals surface area contributed by atoms with Crippen molar-refractivity contribution in [1.82, 2.24) is 24.7 Å². The highest BCUT2D eigenvalue weighted by Gasteiger charge is 2.48. The molecule has 4 rings (SSSR count). The van der Waals surface area contributed by atoms with Gasteiger partial charge in [0.25, 0.3) is 0 Å². The zero-order valence-electron chi connectivity index (χ0n) is 16.0. The molecule has 8 nitrogen and oxygen atoms in total. The Morgan fingerprint density at radius 2 is 1.93 bits per heavy atom. The van der Waals surface area contributed by atoms with E-state index in [1.807, 2.05) is 16.7 Å². The number of likely N-dealkylation sites (tertiary alicyclic amines) is 2. The molecule has 3 aliphatic rings. The maximum absolute atomic E-state index is 12.9. The monoisotopic (exact) mass is 373 g/mol. The lowest BCUT2D eigenvalue weighted by Gasteiger charge is -2.50. The van der Waals surface area contributed by atoms with Gasteiger partial charge in [0.15, 0.2) is 0 Å². The number of piperidine rings is 1. The molecule has 4 heterocycles. The third kappa shape index (κ3) is 2.82. The fourth-order valence-electron chi connectivity index (χ4n) is 5.02. The van der Waals surface area contributed by atoms with Gasteiger partial charge in [-0.1, -0.05) is 0 Å². The van der Waals surface area contributed by atoms with Gasteiger partial charge in [-0.25, -0.2) is 4.98 Å². The van der Waals surface area contributed by atoms with Gasteiger partial charge in [-0.2, -0.15) is 0 Å². The van der Waals surface area contributed by atoms with Crippen LogP contribution in [0.4, 0.5) is 0 Å². The van der Waals surface area contributed by atoms with E-state index in [1.165, 1.54) is 0 Å². The molecule has 0 unspecified atom stereocenters. The number of nitrogens with one attached hydrogen (secondary N) is 1. The lowest BCUT2D eigenvalue weighted by molar-refractivity contribution is -0.147. The highest BCUT2D eigenvalue weighted by molar-refractivity contribution is 5.88. The molecular formula is C19H27N5O3. The van der Waals surface area contributed by atoms with Crippen molar-refractivity contribution in [3.05, 3.63) is 17.7 Å². The first-order valence-electron chi connectivity index (χ1n) is 9.83. The van der Waals surface area contributed by atoms with E-state index in [-0.39, 0.29) is 17.7 Å². The van der Waals surface area contributed by atoms with Crippen LogP contribution in [0.1, 0.15) is 50.9 Å². The van der Waals surface area contributed by atoms with Crippen LogP contribution in [-0.4, -0.2) is 74.6 Å². The second kappa shape index (κ2) is 6.65. The molecular weight excluding hydrogens is 346 g/mol. The summed E-state index contributed by atoms with van der Waals surface area (Å²) in [6, 6.07) is -0.412. The van der Waals surface area contributed by atoms with Crippen LogP contribution in [-0.2, 0) is 26.3 Å². The first-order valence-corrected chi connectivity index (χ1v) is 9.83. The summed E-state index contributed by atoms with van der Waals surface area (Å²) in [5.74, 6) is 0.132. The molecule has 1 spiro atoms. The predicted octanol–water partition coefficient (Wildman–Crippen LogP) is 0.643. The first-order chi connectivity index (χ1) is 12.9. The smallest absolute Gasteiger partial charge is 0.245 e. The Bertz CT molecular complexity index is 765. The summed E-state index contributed by atoms with van der Waals surface area (Å²) in [5.41, 5.74) is 1.63. The fraction of sp³-hybridized carbons (Fsp3) is 0.684. The van der Waals surface area contributed by atoms with Gasteiger partial charge in [-0.05, 0) is 26.2 Å². The molecule has 0 bridgehead atoms. The summed E-state index contributed by atoms with van der Waals surface area (Å²) in [6.07, 6.45) is 5.21. The maximum atomic E-state index is 12.9. The number of fused-ring (bicyclic) bond motifs is 2. The van der Waals surface area contributed by atoms with E-state index < -0.39 is 11.6 Å². The van der Waals surface area contributed by atoms with Crippen molar-refractivity contribution < 1.29 is 14.4 Å². The molecule has 1 aromatic rings. The van der Waals surface area contributed by atoms with Gasteiger partial charge in [0.2, 0.25) is 17.7 Å². The van der Waals surface area contributed by atoms with Crippen LogP contribution in [0.3, 0.4) is 0 Å². The molecule has 2 saturated heterocycles. The Balaban J connectivity index is 1.51. The Hall–Kier alpha value is -2.38. The lowest BCUT2D eigenvalue weighted by atomic mass is 9.78. The first kappa shape index (κ1) is 18.0. The van der Waals surface area contributed by atoms with Crippen molar-refractivity contribution in [2.75, 3.05) is 26.2 Å². The molecule has 8 heteroatoms. The predicted molar refractivity (Wildman–Crippen MR) is 97.6 cm³/mol. The Labute approximate surface area is 158 Å². The lowest BCUT2D eigenvalue weighted by Crippen LogP contribution is -2.59. The molecule has 27 heavy (non-hydrogen) atoms. The number of amides is 3. The number of carbonyl (C=O) groups excluding carboxylic acids is 3. The van der Waals surface area contributed by atoms with Crippen molar-refractivity contribution in [2.45, 2.75) is 57.5 Å². The number of carbonyl (C=O) groups is 3. The average Bonchev–Trinajstić information content (AvgIpc) is 3.30. The van der Waals surface area contributed by atoms with Gasteiger partial charge in [0, 0.05) is 51.6 Å². The molecule has 2 fully saturated rings. The van der Waals surface area contributed by atoms with Crippen LogP contribution in [0.15, 0.2) is 6.33 Å². The van der Waals surface area contributed by atoms with Gasteiger partial charge in [0.1, 0.15) is 6.04 Å². The second-order valence-corrected chi connectivity index (χ2v) is 7.87. The summed E-state index contributed by atoms with van der Waals surface area (Å²) in [5, 5.41) is 0. The largest absolute Gasteiger partial charge is 0.348 e. The molecule has 0 aromatic carbocycles. The summed E-state index contributed by atoms with van der Waals surface area (Å²) in [7, 11) is 0. The maximum Gasteiger partial charge on any atom is 0.245 e. The summed E-state index contributed by atoms with van der Waals surface area (Å²) < 4.78 is 0. The zero-order valence-corrected chi connectivity index (χ0v) is 16.0. The van der Waals surface area contributed by atoms with E-state index >= 15 is 0 Å². The van der Waals surface area contributed by atoms with Crippen LogP contribution in [0.25, 0.3) is 0 Å².